The van der Waals surface area contributed by atoms with Crippen LogP contribution in [0.25, 0.3) is 0 Å². The molecule has 8 heteroatoms. The van der Waals surface area contributed by atoms with Gasteiger partial charge in [0.2, 0.25) is 5.95 Å². The average Bonchev–Trinajstić information content (AvgIpc) is 3.10. The standard InChI is InChI=1S/C17H15N7O/c1-11-14(16(25)23-13-6-2-3-8-19-13)15(12-5-4-7-18-9-12)24-17(22-11)20-10-21-24/h2-10,15H,1H3,(H,19,23,25)(H,20,21,22). The molecular formula is C17H15N7O. The second-order valence-electron chi connectivity index (χ2n) is 5.55. The summed E-state index contributed by atoms with van der Waals surface area (Å²) in [7, 11) is 0. The molecule has 0 saturated heterocycles. The molecule has 0 fully saturated rings. The maximum Gasteiger partial charge on any atom is 0.257 e. The van der Waals surface area contributed by atoms with Gasteiger partial charge in [0.05, 0.1) is 5.57 Å². The van der Waals surface area contributed by atoms with Crippen molar-refractivity contribution in [2.75, 3.05) is 10.6 Å². The maximum absolute atomic E-state index is 13.0. The fourth-order valence-corrected chi connectivity index (χ4v) is 2.85. The minimum absolute atomic E-state index is 0.251. The second kappa shape index (κ2) is 6.16. The van der Waals surface area contributed by atoms with Crippen LogP contribution in [0.3, 0.4) is 0 Å². The van der Waals surface area contributed by atoms with Gasteiger partial charge in [-0.3, -0.25) is 9.78 Å². The molecule has 0 aliphatic carbocycles. The van der Waals surface area contributed by atoms with Crippen molar-refractivity contribution < 1.29 is 4.79 Å². The first-order valence-corrected chi connectivity index (χ1v) is 7.73. The van der Waals surface area contributed by atoms with Gasteiger partial charge in [0.15, 0.2) is 0 Å². The first kappa shape index (κ1) is 15.0. The van der Waals surface area contributed by atoms with Gasteiger partial charge in [0, 0.05) is 24.3 Å². The van der Waals surface area contributed by atoms with Gasteiger partial charge in [-0.05, 0) is 30.7 Å². The van der Waals surface area contributed by atoms with E-state index < -0.39 is 6.04 Å². The molecule has 0 bridgehead atoms. The average molecular weight is 333 g/mol. The molecule has 2 N–H and O–H groups in total. The molecule has 3 aromatic heterocycles. The lowest BCUT2D eigenvalue weighted by molar-refractivity contribution is -0.113. The lowest BCUT2D eigenvalue weighted by Crippen LogP contribution is -2.31. The highest BCUT2D eigenvalue weighted by Gasteiger charge is 2.33. The zero-order valence-electron chi connectivity index (χ0n) is 13.4. The number of nitrogens with zero attached hydrogens (tertiary/aromatic N) is 5. The summed E-state index contributed by atoms with van der Waals surface area (Å²) in [5, 5.41) is 10.2. The summed E-state index contributed by atoms with van der Waals surface area (Å²) < 4.78 is 1.68. The number of allylic oxidation sites excluding steroid dienone is 1. The summed E-state index contributed by atoms with van der Waals surface area (Å²) in [6, 6.07) is 8.67. The molecular weight excluding hydrogens is 318 g/mol. The number of hydrogen-bond acceptors (Lipinski definition) is 6. The van der Waals surface area contributed by atoms with E-state index in [9.17, 15) is 4.79 Å². The van der Waals surface area contributed by atoms with Crippen molar-refractivity contribution in [1.29, 1.82) is 0 Å². The largest absolute Gasteiger partial charge is 0.328 e. The molecule has 1 atom stereocenters. The highest BCUT2D eigenvalue weighted by atomic mass is 16.1. The van der Waals surface area contributed by atoms with Gasteiger partial charge in [-0.1, -0.05) is 12.1 Å². The lowest BCUT2D eigenvalue weighted by Gasteiger charge is -2.28. The van der Waals surface area contributed by atoms with Crippen molar-refractivity contribution >= 4 is 17.7 Å². The Morgan fingerprint density at radius 2 is 2.12 bits per heavy atom. The topological polar surface area (TPSA) is 97.6 Å². The van der Waals surface area contributed by atoms with Gasteiger partial charge in [0.1, 0.15) is 18.2 Å². The Labute approximate surface area is 143 Å². The third kappa shape index (κ3) is 2.74. The molecule has 0 spiro atoms. The zero-order chi connectivity index (χ0) is 17.2. The van der Waals surface area contributed by atoms with Crippen LogP contribution in [0, 0.1) is 0 Å². The van der Waals surface area contributed by atoms with Gasteiger partial charge < -0.3 is 10.6 Å². The Morgan fingerprint density at radius 3 is 2.88 bits per heavy atom. The van der Waals surface area contributed by atoms with Gasteiger partial charge in [0.25, 0.3) is 5.91 Å². The molecule has 4 rings (SSSR count). The van der Waals surface area contributed by atoms with Crippen molar-refractivity contribution in [2.45, 2.75) is 13.0 Å². The Kier molecular flexibility index (Phi) is 3.70. The van der Waals surface area contributed by atoms with Crippen molar-refractivity contribution in [3.8, 4) is 0 Å². The van der Waals surface area contributed by atoms with Crippen LogP contribution >= 0.6 is 0 Å². The van der Waals surface area contributed by atoms with E-state index in [0.717, 1.165) is 5.56 Å². The number of carbonyl (C=O) groups excluding carboxylic acids is 1. The molecule has 1 amide bonds. The summed E-state index contributed by atoms with van der Waals surface area (Å²) in [6.07, 6.45) is 6.50. The molecule has 25 heavy (non-hydrogen) atoms. The smallest absolute Gasteiger partial charge is 0.257 e. The van der Waals surface area contributed by atoms with E-state index in [-0.39, 0.29) is 5.91 Å². The fraction of sp³-hybridized carbons (Fsp3) is 0.118. The number of aromatic nitrogens is 5. The minimum Gasteiger partial charge on any atom is -0.328 e. The third-order valence-electron chi connectivity index (χ3n) is 3.95. The van der Waals surface area contributed by atoms with Crippen molar-refractivity contribution in [2.24, 2.45) is 0 Å². The van der Waals surface area contributed by atoms with Gasteiger partial charge in [-0.25, -0.2) is 9.67 Å². The summed E-state index contributed by atoms with van der Waals surface area (Å²) in [6.45, 7) is 1.84. The minimum atomic E-state index is -0.420. The fourth-order valence-electron chi connectivity index (χ4n) is 2.85. The van der Waals surface area contributed by atoms with Crippen LogP contribution in [0.4, 0.5) is 11.8 Å². The highest BCUT2D eigenvalue weighted by molar-refractivity contribution is 6.05. The van der Waals surface area contributed by atoms with Crippen LogP contribution in [0.5, 0.6) is 0 Å². The number of fused-ring (bicyclic) bond motifs is 1. The predicted octanol–water partition coefficient (Wildman–Crippen LogP) is 2.00. The Morgan fingerprint density at radius 1 is 1.20 bits per heavy atom. The summed E-state index contributed by atoms with van der Waals surface area (Å²) >= 11 is 0. The highest BCUT2D eigenvalue weighted by Crippen LogP contribution is 2.34. The van der Waals surface area contributed by atoms with Crippen LogP contribution in [0.1, 0.15) is 18.5 Å². The van der Waals surface area contributed by atoms with E-state index in [1.54, 1.807) is 35.4 Å². The Balaban J connectivity index is 1.77. The second-order valence-corrected chi connectivity index (χ2v) is 5.55. The van der Waals surface area contributed by atoms with Crippen molar-refractivity contribution in [3.63, 3.8) is 0 Å². The summed E-state index contributed by atoms with van der Waals surface area (Å²) in [4.78, 5) is 25.5. The van der Waals surface area contributed by atoms with Gasteiger partial charge in [-0.2, -0.15) is 10.1 Å². The number of hydrogen-bond donors (Lipinski definition) is 2. The molecule has 0 aromatic carbocycles. The van der Waals surface area contributed by atoms with E-state index in [2.05, 4.69) is 30.7 Å². The molecule has 1 aliphatic heterocycles. The normalized spacial score (nSPS) is 16.1. The quantitative estimate of drug-likeness (QED) is 0.761. The maximum atomic E-state index is 13.0. The molecule has 4 heterocycles. The van der Waals surface area contributed by atoms with Crippen LogP contribution in [0.15, 0.2) is 66.5 Å². The van der Waals surface area contributed by atoms with E-state index >= 15 is 0 Å². The van der Waals surface area contributed by atoms with Crippen molar-refractivity contribution in [3.05, 3.63) is 72.1 Å². The van der Waals surface area contributed by atoms with E-state index in [0.29, 0.717) is 23.0 Å². The third-order valence-corrected chi connectivity index (χ3v) is 3.95. The first-order chi connectivity index (χ1) is 12.2. The number of nitrogens with one attached hydrogen (secondary N) is 2. The number of amides is 1. The summed E-state index contributed by atoms with van der Waals surface area (Å²) in [5.41, 5.74) is 2.10. The summed E-state index contributed by atoms with van der Waals surface area (Å²) in [5.74, 6) is 0.821. The molecule has 0 radical (unpaired) electrons. The van der Waals surface area contributed by atoms with Crippen LogP contribution in [0.2, 0.25) is 0 Å². The molecule has 1 unspecified atom stereocenters. The number of anilines is 2. The Bertz CT molecular complexity index is 934. The van der Waals surface area contributed by atoms with Gasteiger partial charge in [-0.15, -0.1) is 0 Å². The van der Waals surface area contributed by atoms with E-state index in [1.807, 2.05) is 25.1 Å². The van der Waals surface area contributed by atoms with Crippen LogP contribution in [-0.4, -0.2) is 30.6 Å². The monoisotopic (exact) mass is 333 g/mol. The zero-order valence-corrected chi connectivity index (χ0v) is 13.4. The predicted molar refractivity (Wildman–Crippen MR) is 91.6 cm³/mol. The van der Waals surface area contributed by atoms with Crippen molar-refractivity contribution in [1.82, 2.24) is 24.7 Å². The van der Waals surface area contributed by atoms with Crippen LogP contribution < -0.4 is 10.6 Å². The first-order valence-electron chi connectivity index (χ1n) is 7.73. The van der Waals surface area contributed by atoms with Gasteiger partial charge >= 0.3 is 0 Å². The van der Waals surface area contributed by atoms with E-state index in [1.165, 1.54) is 6.33 Å². The van der Waals surface area contributed by atoms with Crippen LogP contribution in [-0.2, 0) is 4.79 Å². The Hall–Kier alpha value is -3.55. The SMILES string of the molecule is CC1=C(C(=O)Nc2ccccn2)C(c2cccnc2)n2ncnc2N1. The molecule has 0 saturated carbocycles. The number of rotatable bonds is 3. The lowest BCUT2D eigenvalue weighted by atomic mass is 9.96. The molecule has 1 aliphatic rings. The number of carbonyl (C=O) groups is 1. The molecule has 124 valence electrons. The number of pyridine rings is 2. The van der Waals surface area contributed by atoms with E-state index in [4.69, 9.17) is 0 Å². The molecule has 8 nitrogen and oxygen atoms in total. The molecule has 3 aromatic rings.